The highest BCUT2D eigenvalue weighted by Gasteiger charge is 2.31. The molecule has 2 aromatic carbocycles. The van der Waals surface area contributed by atoms with E-state index in [1.54, 1.807) is 17.0 Å². The van der Waals surface area contributed by atoms with Crippen molar-refractivity contribution in [3.05, 3.63) is 65.0 Å². The van der Waals surface area contributed by atoms with Crippen LogP contribution in [0.5, 0.6) is 0 Å². The summed E-state index contributed by atoms with van der Waals surface area (Å²) in [6.45, 7) is 5.02. The molecule has 0 N–H and O–H groups in total. The highest BCUT2D eigenvalue weighted by Crippen LogP contribution is 2.32. The molecule has 2 aliphatic heterocycles. The number of anilines is 1. The fourth-order valence-corrected chi connectivity index (χ4v) is 4.59. The zero-order valence-electron chi connectivity index (χ0n) is 18.6. The number of hydrogen-bond donors (Lipinski definition) is 0. The van der Waals surface area contributed by atoms with Gasteiger partial charge in [0.05, 0.1) is 5.56 Å². The third-order valence-electron chi connectivity index (χ3n) is 6.52. The lowest BCUT2D eigenvalue weighted by Crippen LogP contribution is -2.46. The molecule has 0 bridgehead atoms. The first kappa shape index (κ1) is 23.5. The van der Waals surface area contributed by atoms with Crippen LogP contribution in [-0.4, -0.2) is 48.4 Å². The predicted molar refractivity (Wildman–Crippen MR) is 119 cm³/mol. The summed E-state index contributed by atoms with van der Waals surface area (Å²) >= 11 is 0. The van der Waals surface area contributed by atoms with Crippen LogP contribution in [-0.2, 0) is 24.1 Å². The zero-order chi connectivity index (χ0) is 23.4. The largest absolute Gasteiger partial charge is 0.416 e. The van der Waals surface area contributed by atoms with Crippen LogP contribution in [0.4, 0.5) is 23.2 Å². The lowest BCUT2D eigenvalue weighted by atomic mass is 10.1. The Kier molecular flexibility index (Phi) is 7.22. The van der Waals surface area contributed by atoms with Crippen molar-refractivity contribution < 1.29 is 22.4 Å². The molecule has 0 saturated carbocycles. The molecular weight excluding hydrogens is 434 g/mol. The monoisotopic (exact) mass is 463 g/mol. The number of rotatable bonds is 7. The Morgan fingerprint density at radius 2 is 1.64 bits per heavy atom. The number of nitrogens with zero attached hydrogens (tertiary/aromatic N) is 3. The number of piperazine rings is 1. The normalized spacial score (nSPS) is 16.8. The second-order valence-electron chi connectivity index (χ2n) is 8.85. The van der Waals surface area contributed by atoms with Crippen LogP contribution in [0.15, 0.2) is 42.5 Å². The molecule has 0 spiro atoms. The molecule has 0 radical (unpaired) electrons. The van der Waals surface area contributed by atoms with Gasteiger partial charge in [0.25, 0.3) is 0 Å². The van der Waals surface area contributed by atoms with E-state index in [9.17, 15) is 22.4 Å². The Hall–Kier alpha value is -2.61. The van der Waals surface area contributed by atoms with E-state index < -0.39 is 11.7 Å². The average molecular weight is 464 g/mol. The van der Waals surface area contributed by atoms with Crippen LogP contribution < -0.4 is 4.90 Å². The van der Waals surface area contributed by atoms with Crippen molar-refractivity contribution in [2.75, 3.05) is 37.6 Å². The number of amides is 1. The van der Waals surface area contributed by atoms with Gasteiger partial charge in [0.1, 0.15) is 5.82 Å². The van der Waals surface area contributed by atoms with E-state index in [1.165, 1.54) is 24.3 Å². The Bertz CT molecular complexity index is 970. The molecule has 178 valence electrons. The van der Waals surface area contributed by atoms with Gasteiger partial charge >= 0.3 is 6.18 Å². The van der Waals surface area contributed by atoms with Crippen LogP contribution >= 0.6 is 0 Å². The first-order valence-corrected chi connectivity index (χ1v) is 11.5. The number of carbonyl (C=O) groups excluding carboxylic acids is 1. The minimum Gasteiger partial charge on any atom is -0.369 e. The highest BCUT2D eigenvalue weighted by atomic mass is 19.4. The van der Waals surface area contributed by atoms with Crippen LogP contribution in [0.2, 0.25) is 0 Å². The van der Waals surface area contributed by atoms with Crippen molar-refractivity contribution >= 4 is 11.6 Å². The molecule has 0 atom stereocenters. The number of carbonyl (C=O) groups is 1. The molecule has 33 heavy (non-hydrogen) atoms. The van der Waals surface area contributed by atoms with Gasteiger partial charge < -0.3 is 9.80 Å². The first-order valence-electron chi connectivity index (χ1n) is 11.5. The summed E-state index contributed by atoms with van der Waals surface area (Å²) in [6.07, 6.45) is -1.06. The summed E-state index contributed by atoms with van der Waals surface area (Å²) in [5.74, 6) is -0.153. The van der Waals surface area contributed by atoms with Crippen molar-refractivity contribution in [2.45, 2.75) is 44.9 Å². The van der Waals surface area contributed by atoms with Crippen molar-refractivity contribution in [3.63, 3.8) is 0 Å². The Balaban J connectivity index is 1.12. The maximum absolute atomic E-state index is 13.3. The van der Waals surface area contributed by atoms with Crippen molar-refractivity contribution in [2.24, 2.45) is 0 Å². The Morgan fingerprint density at radius 3 is 2.39 bits per heavy atom. The van der Waals surface area contributed by atoms with E-state index in [4.69, 9.17) is 0 Å². The first-order chi connectivity index (χ1) is 15.8. The fraction of sp³-hybridized carbons (Fsp3) is 0.480. The molecule has 0 aromatic heterocycles. The summed E-state index contributed by atoms with van der Waals surface area (Å²) in [6, 6.07) is 10.2. The SMILES string of the molecule is O=C(CCCCCN1CCN(c2cccc(C(F)(F)F)c2)CC1)N1Cc2ccc(F)cc2C1. The van der Waals surface area contributed by atoms with Gasteiger partial charge in [0.15, 0.2) is 0 Å². The van der Waals surface area contributed by atoms with Crippen LogP contribution in [0, 0.1) is 5.82 Å². The molecular formula is C25H29F4N3O. The molecule has 8 heteroatoms. The maximum atomic E-state index is 13.3. The highest BCUT2D eigenvalue weighted by molar-refractivity contribution is 5.76. The van der Waals surface area contributed by atoms with Gasteiger partial charge in [-0.05, 0) is 60.8 Å². The van der Waals surface area contributed by atoms with Crippen LogP contribution in [0.3, 0.4) is 0 Å². The molecule has 1 amide bonds. The summed E-state index contributed by atoms with van der Waals surface area (Å²) in [7, 11) is 0. The standard InChI is InChI=1S/C25H29F4N3O/c26-22-9-8-19-17-32(18-20(19)15-22)24(33)7-2-1-3-10-30-11-13-31(14-12-30)23-6-4-5-21(16-23)25(27,28)29/h4-6,8-9,15-16H,1-3,7,10-14,17-18H2. The van der Waals surface area contributed by atoms with E-state index in [0.29, 0.717) is 38.3 Å². The average Bonchev–Trinajstić information content (AvgIpc) is 3.22. The van der Waals surface area contributed by atoms with E-state index in [-0.39, 0.29) is 11.7 Å². The lowest BCUT2D eigenvalue weighted by molar-refractivity contribution is -0.137. The zero-order valence-corrected chi connectivity index (χ0v) is 18.6. The molecule has 1 fully saturated rings. The van der Waals surface area contributed by atoms with E-state index >= 15 is 0 Å². The van der Waals surface area contributed by atoms with Gasteiger partial charge in [-0.25, -0.2) is 4.39 Å². The molecule has 4 rings (SSSR count). The number of halogens is 4. The second kappa shape index (κ2) is 10.1. The minimum absolute atomic E-state index is 0.112. The topological polar surface area (TPSA) is 26.8 Å². The van der Waals surface area contributed by atoms with Gasteiger partial charge in [-0.15, -0.1) is 0 Å². The number of hydrogen-bond acceptors (Lipinski definition) is 3. The van der Waals surface area contributed by atoms with Crippen molar-refractivity contribution in [3.8, 4) is 0 Å². The number of fused-ring (bicyclic) bond motifs is 1. The van der Waals surface area contributed by atoms with E-state index in [2.05, 4.69) is 4.90 Å². The lowest BCUT2D eigenvalue weighted by Gasteiger charge is -2.36. The summed E-state index contributed by atoms with van der Waals surface area (Å²) in [5.41, 5.74) is 1.93. The fourth-order valence-electron chi connectivity index (χ4n) is 4.59. The van der Waals surface area contributed by atoms with Gasteiger partial charge in [0.2, 0.25) is 5.91 Å². The summed E-state index contributed by atoms with van der Waals surface area (Å²) < 4.78 is 52.2. The number of alkyl halides is 3. The van der Waals surface area contributed by atoms with Gasteiger partial charge in [-0.1, -0.05) is 18.6 Å². The van der Waals surface area contributed by atoms with Crippen molar-refractivity contribution in [1.82, 2.24) is 9.80 Å². The van der Waals surface area contributed by atoms with Gasteiger partial charge in [0, 0.05) is 51.4 Å². The molecule has 2 aromatic rings. The molecule has 1 saturated heterocycles. The Labute approximate surface area is 191 Å². The molecule has 0 unspecified atom stereocenters. The summed E-state index contributed by atoms with van der Waals surface area (Å²) in [4.78, 5) is 18.6. The molecule has 2 heterocycles. The van der Waals surface area contributed by atoms with E-state index in [0.717, 1.165) is 56.1 Å². The molecule has 2 aliphatic rings. The van der Waals surface area contributed by atoms with Gasteiger partial charge in [-0.3, -0.25) is 9.69 Å². The second-order valence-corrected chi connectivity index (χ2v) is 8.85. The maximum Gasteiger partial charge on any atom is 0.416 e. The number of benzene rings is 2. The van der Waals surface area contributed by atoms with Gasteiger partial charge in [-0.2, -0.15) is 13.2 Å². The molecule has 4 nitrogen and oxygen atoms in total. The van der Waals surface area contributed by atoms with Crippen molar-refractivity contribution in [1.29, 1.82) is 0 Å². The number of unbranched alkanes of at least 4 members (excludes halogenated alkanes) is 2. The quantitative estimate of drug-likeness (QED) is 0.424. The molecule has 0 aliphatic carbocycles. The minimum atomic E-state index is -4.32. The third-order valence-corrected chi connectivity index (χ3v) is 6.52. The Morgan fingerprint density at radius 1 is 0.879 bits per heavy atom. The third kappa shape index (κ3) is 6.05. The smallest absolute Gasteiger partial charge is 0.369 e. The van der Waals surface area contributed by atoms with Crippen LogP contribution in [0.25, 0.3) is 0 Å². The predicted octanol–water partition coefficient (Wildman–Crippen LogP) is 5.07. The van der Waals surface area contributed by atoms with Crippen LogP contribution in [0.1, 0.15) is 42.4 Å². The van der Waals surface area contributed by atoms with E-state index in [1.807, 2.05) is 4.90 Å². The summed E-state index contributed by atoms with van der Waals surface area (Å²) in [5, 5.41) is 0.